The molecule has 0 atom stereocenters. The first-order valence-electron chi connectivity index (χ1n) is 3.12. The Hall–Kier alpha value is -1.54. The highest BCUT2D eigenvalue weighted by Gasteiger charge is 2.12. The molecule has 12 heavy (non-hydrogen) atoms. The molecule has 0 aliphatic carbocycles. The molecule has 2 N–H and O–H groups in total. The lowest BCUT2D eigenvalue weighted by Gasteiger charge is -2.03. The van der Waals surface area contributed by atoms with Gasteiger partial charge in [0.2, 0.25) is 0 Å². The average molecular weight is 172 g/mol. The Kier molecular flexibility index (Phi) is 3.11. The van der Waals surface area contributed by atoms with E-state index < -0.39 is 0 Å². The van der Waals surface area contributed by atoms with Crippen LogP contribution in [0, 0.1) is 4.91 Å². The van der Waals surface area contributed by atoms with Crippen molar-refractivity contribution in [2.24, 2.45) is 15.3 Å². The molecule has 0 amide bonds. The van der Waals surface area contributed by atoms with Crippen molar-refractivity contribution in [3.63, 3.8) is 0 Å². The summed E-state index contributed by atoms with van der Waals surface area (Å²) in [7, 11) is 0. The topological polar surface area (TPSA) is 110 Å². The number of nitroso groups, excluding NO2 is 1. The molecule has 0 unspecified atom stereocenters. The summed E-state index contributed by atoms with van der Waals surface area (Å²) in [5, 5.41) is 17.9. The molecule has 1 rings (SSSR count). The van der Waals surface area contributed by atoms with Gasteiger partial charge in [0, 0.05) is 6.54 Å². The molecule has 0 aromatic carbocycles. The van der Waals surface area contributed by atoms with E-state index in [2.05, 4.69) is 25.6 Å². The van der Waals surface area contributed by atoms with E-state index >= 15 is 0 Å². The fraction of sp³-hybridized carbons (Fsp3) is 0.500. The van der Waals surface area contributed by atoms with Gasteiger partial charge in [0.15, 0.2) is 5.84 Å². The largest absolute Gasteiger partial charge is 0.697 e. The van der Waals surface area contributed by atoms with Crippen molar-refractivity contribution >= 4 is 11.7 Å². The fourth-order valence-electron chi connectivity index (χ4n) is 0.726. The molecule has 0 bridgehead atoms. The van der Waals surface area contributed by atoms with Crippen LogP contribution < -0.4 is 16.2 Å². The van der Waals surface area contributed by atoms with Crippen molar-refractivity contribution in [2.45, 2.75) is 0 Å². The maximum absolute atomic E-state index is 10.1. The summed E-state index contributed by atoms with van der Waals surface area (Å²) < 4.78 is 0. The number of rotatable bonds is 3. The highest BCUT2D eigenvalue weighted by atomic mass is 17.2. The van der Waals surface area contributed by atoms with Gasteiger partial charge in [-0.3, -0.25) is 4.99 Å². The van der Waals surface area contributed by atoms with Gasteiger partial charge in [-0.1, -0.05) is 0 Å². The number of hydrogen-bond donors (Lipinski definition) is 2. The Morgan fingerprint density at radius 3 is 3.17 bits per heavy atom. The zero-order valence-electron chi connectivity index (χ0n) is 5.98. The summed E-state index contributed by atoms with van der Waals surface area (Å²) in [6.45, 7) is 1.18. The Morgan fingerprint density at radius 1 is 1.83 bits per heavy atom. The first-order chi connectivity index (χ1) is 5.88. The van der Waals surface area contributed by atoms with Gasteiger partial charge in [-0.05, 0) is 5.18 Å². The van der Waals surface area contributed by atoms with Crippen molar-refractivity contribution in [2.75, 3.05) is 13.1 Å². The summed E-state index contributed by atoms with van der Waals surface area (Å²) in [4.78, 5) is 17.1. The van der Waals surface area contributed by atoms with E-state index in [-0.39, 0.29) is 11.7 Å². The van der Waals surface area contributed by atoms with Crippen LogP contribution in [0.1, 0.15) is 0 Å². The first kappa shape index (κ1) is 8.56. The van der Waals surface area contributed by atoms with Crippen LogP contribution in [-0.4, -0.2) is 24.8 Å². The van der Waals surface area contributed by atoms with Crippen LogP contribution in [0.25, 0.3) is 0 Å². The van der Waals surface area contributed by atoms with Crippen LogP contribution in [-0.2, 0) is 4.99 Å². The van der Waals surface area contributed by atoms with Crippen LogP contribution in [0.2, 0.25) is 0 Å². The van der Waals surface area contributed by atoms with Crippen molar-refractivity contribution in [1.29, 1.82) is 0 Å². The zero-order chi connectivity index (χ0) is 8.81. The molecule has 0 saturated heterocycles. The smallest absolute Gasteiger partial charge is 0.259 e. The van der Waals surface area contributed by atoms with Gasteiger partial charge in [0.25, 0.3) is 5.84 Å². The SMILES string of the molecule is O=N/C(=N\NO[O-])C1=NCCN1. The summed E-state index contributed by atoms with van der Waals surface area (Å²) in [6, 6.07) is 0. The van der Waals surface area contributed by atoms with E-state index in [0.717, 1.165) is 0 Å². The number of nitrogens with zero attached hydrogens (tertiary/aromatic N) is 3. The molecule has 8 heteroatoms. The van der Waals surface area contributed by atoms with Crippen LogP contribution in [0.5, 0.6) is 0 Å². The third-order valence-corrected chi connectivity index (χ3v) is 1.16. The highest BCUT2D eigenvalue weighted by Crippen LogP contribution is 1.89. The molecule has 1 aliphatic rings. The van der Waals surface area contributed by atoms with Crippen LogP contribution in [0.3, 0.4) is 0 Å². The number of aliphatic imine (C=N–C) groups is 1. The maximum Gasteiger partial charge on any atom is 0.259 e. The number of hydrogen-bond acceptors (Lipinski definition) is 7. The summed E-state index contributed by atoms with van der Waals surface area (Å²) in [5.41, 5.74) is 1.59. The van der Waals surface area contributed by atoms with Crippen LogP contribution in [0.4, 0.5) is 0 Å². The summed E-state index contributed by atoms with van der Waals surface area (Å²) >= 11 is 0. The Balaban J connectivity index is 2.60. The van der Waals surface area contributed by atoms with E-state index in [1.54, 1.807) is 5.59 Å². The van der Waals surface area contributed by atoms with E-state index in [1.165, 1.54) is 0 Å². The molecule has 0 aromatic rings. The Labute approximate surface area is 67.2 Å². The van der Waals surface area contributed by atoms with Gasteiger partial charge in [-0.25, -0.2) is 0 Å². The van der Waals surface area contributed by atoms with Crippen molar-refractivity contribution < 1.29 is 10.2 Å². The molecule has 8 nitrogen and oxygen atoms in total. The third kappa shape index (κ3) is 1.97. The molecule has 0 aromatic heterocycles. The second-order valence-electron chi connectivity index (χ2n) is 1.86. The van der Waals surface area contributed by atoms with Gasteiger partial charge in [0.05, 0.1) is 6.54 Å². The third-order valence-electron chi connectivity index (χ3n) is 1.16. The van der Waals surface area contributed by atoms with Crippen LogP contribution in [0.15, 0.2) is 15.3 Å². The lowest BCUT2D eigenvalue weighted by Crippen LogP contribution is -2.28. The van der Waals surface area contributed by atoms with E-state index in [0.29, 0.717) is 13.1 Å². The van der Waals surface area contributed by atoms with Crippen molar-refractivity contribution in [3.8, 4) is 0 Å². The summed E-state index contributed by atoms with van der Waals surface area (Å²) in [5.74, 6) is 0.0258. The average Bonchev–Trinajstić information content (AvgIpc) is 2.59. The minimum atomic E-state index is -0.233. The van der Waals surface area contributed by atoms with Gasteiger partial charge < -0.3 is 15.6 Å². The molecule has 1 heterocycles. The molecule has 0 saturated carbocycles. The van der Waals surface area contributed by atoms with Crippen LogP contribution >= 0.6 is 0 Å². The molecule has 0 fully saturated rings. The predicted octanol–water partition coefficient (Wildman–Crippen LogP) is -2.14. The molecule has 0 spiro atoms. The van der Waals surface area contributed by atoms with E-state index in [9.17, 15) is 10.2 Å². The number of hydrazone groups is 1. The number of nitrogens with one attached hydrogen (secondary N) is 2. The van der Waals surface area contributed by atoms with Crippen molar-refractivity contribution in [3.05, 3.63) is 4.91 Å². The molecule has 66 valence electrons. The lowest BCUT2D eigenvalue weighted by molar-refractivity contribution is -0.711. The fourth-order valence-corrected chi connectivity index (χ4v) is 0.726. The molecule has 0 radical (unpaired) electrons. The molecular formula is C4H6N5O3-. The normalized spacial score (nSPS) is 16.8. The monoisotopic (exact) mass is 172 g/mol. The second kappa shape index (κ2) is 4.36. The minimum absolute atomic E-state index is 0.233. The van der Waals surface area contributed by atoms with Gasteiger partial charge in [-0.2, -0.15) is 5.59 Å². The highest BCUT2D eigenvalue weighted by molar-refractivity contribution is 6.41. The molecular weight excluding hydrogens is 166 g/mol. The quantitative estimate of drug-likeness (QED) is 0.166. The Morgan fingerprint density at radius 2 is 2.67 bits per heavy atom. The van der Waals surface area contributed by atoms with Gasteiger partial charge in [0.1, 0.15) is 0 Å². The van der Waals surface area contributed by atoms with Gasteiger partial charge in [-0.15, -0.1) is 10.0 Å². The Bertz CT molecular complexity index is 225. The van der Waals surface area contributed by atoms with E-state index in [1.807, 2.05) is 0 Å². The summed E-state index contributed by atoms with van der Waals surface area (Å²) in [6.07, 6.45) is 0. The number of amidine groups is 2. The lowest BCUT2D eigenvalue weighted by atomic mass is 10.5. The first-order valence-corrected chi connectivity index (χ1v) is 3.12. The zero-order valence-corrected chi connectivity index (χ0v) is 5.98. The van der Waals surface area contributed by atoms with Gasteiger partial charge >= 0.3 is 0 Å². The maximum atomic E-state index is 10.1. The minimum Gasteiger partial charge on any atom is -0.697 e. The predicted molar refractivity (Wildman–Crippen MR) is 37.8 cm³/mol. The van der Waals surface area contributed by atoms with E-state index in [4.69, 9.17) is 0 Å². The second-order valence-corrected chi connectivity index (χ2v) is 1.86. The molecule has 1 aliphatic heterocycles. The van der Waals surface area contributed by atoms with Crippen molar-refractivity contribution in [1.82, 2.24) is 10.9 Å². The standard InChI is InChI=1S/C4H7N5O3/c10-8-4(7-9-12-11)3-5-1-2-6-3/h9,11H,1-2H2,(H,5,6)/p-1/b7-4-.